The van der Waals surface area contributed by atoms with Gasteiger partial charge in [-0.15, -0.1) is 0 Å². The van der Waals surface area contributed by atoms with Crippen LogP contribution in [0.25, 0.3) is 0 Å². The van der Waals surface area contributed by atoms with Gasteiger partial charge in [0, 0.05) is 19.5 Å². The number of hydrogen-bond donors (Lipinski definition) is 3. The second-order valence-corrected chi connectivity index (χ2v) is 3.97. The van der Waals surface area contributed by atoms with Crippen LogP contribution in [0.4, 0.5) is 4.79 Å². The number of hydrogen-bond acceptors (Lipinski definition) is 4. The van der Waals surface area contributed by atoms with E-state index in [0.717, 1.165) is 0 Å². The van der Waals surface area contributed by atoms with Gasteiger partial charge in [0.1, 0.15) is 0 Å². The number of nitrogens with two attached hydrogens (primary N) is 1. The standard InChI is InChI=1S/C10H17N3O5/c11-8(14)1-2-12-10(17)13-3-4-18-6-7(13)5-9(15)16/h7H,1-6H2,(H2,11,14)(H,12,17)(H,15,16). The van der Waals surface area contributed by atoms with Crippen LogP contribution in [-0.2, 0) is 14.3 Å². The number of ether oxygens (including phenoxy) is 1. The van der Waals surface area contributed by atoms with Crippen LogP contribution in [0, 0.1) is 0 Å². The Hall–Kier alpha value is -1.83. The molecule has 0 spiro atoms. The van der Waals surface area contributed by atoms with Gasteiger partial charge in [0.25, 0.3) is 0 Å². The number of nitrogens with zero attached hydrogens (tertiary/aromatic N) is 1. The lowest BCUT2D eigenvalue weighted by atomic mass is 10.1. The molecule has 1 saturated heterocycles. The molecule has 0 bridgehead atoms. The van der Waals surface area contributed by atoms with Crippen LogP contribution in [0.5, 0.6) is 0 Å². The zero-order chi connectivity index (χ0) is 13.5. The topological polar surface area (TPSA) is 122 Å². The van der Waals surface area contributed by atoms with E-state index < -0.39 is 23.9 Å². The third-order valence-corrected chi connectivity index (χ3v) is 2.55. The molecule has 0 radical (unpaired) electrons. The Bertz CT molecular complexity index is 333. The Morgan fingerprint density at radius 1 is 1.44 bits per heavy atom. The number of amides is 3. The highest BCUT2D eigenvalue weighted by atomic mass is 16.5. The minimum atomic E-state index is -0.986. The Morgan fingerprint density at radius 2 is 2.17 bits per heavy atom. The fourth-order valence-corrected chi connectivity index (χ4v) is 1.69. The quantitative estimate of drug-likeness (QED) is 0.569. The summed E-state index contributed by atoms with van der Waals surface area (Å²) in [6.45, 7) is 1.06. The van der Waals surface area contributed by atoms with Crippen LogP contribution in [0.2, 0.25) is 0 Å². The molecule has 1 heterocycles. The lowest BCUT2D eigenvalue weighted by Crippen LogP contribution is -2.53. The minimum Gasteiger partial charge on any atom is -0.481 e. The van der Waals surface area contributed by atoms with Gasteiger partial charge in [0.15, 0.2) is 0 Å². The Morgan fingerprint density at radius 3 is 2.78 bits per heavy atom. The molecule has 1 unspecified atom stereocenters. The molecule has 3 amide bonds. The van der Waals surface area contributed by atoms with E-state index in [1.54, 1.807) is 0 Å². The largest absolute Gasteiger partial charge is 0.481 e. The smallest absolute Gasteiger partial charge is 0.317 e. The van der Waals surface area contributed by atoms with E-state index in [9.17, 15) is 14.4 Å². The van der Waals surface area contributed by atoms with Crippen LogP contribution < -0.4 is 11.1 Å². The zero-order valence-corrected chi connectivity index (χ0v) is 9.92. The fraction of sp³-hybridized carbons (Fsp3) is 0.700. The molecule has 1 aliphatic heterocycles. The highest BCUT2D eigenvalue weighted by Crippen LogP contribution is 2.10. The van der Waals surface area contributed by atoms with Crippen LogP contribution in [0.15, 0.2) is 0 Å². The van der Waals surface area contributed by atoms with Crippen LogP contribution in [0.1, 0.15) is 12.8 Å². The Balaban J connectivity index is 2.46. The van der Waals surface area contributed by atoms with Crippen molar-refractivity contribution in [1.82, 2.24) is 10.2 Å². The first-order valence-corrected chi connectivity index (χ1v) is 5.63. The average molecular weight is 259 g/mol. The van der Waals surface area contributed by atoms with Gasteiger partial charge in [-0.2, -0.15) is 0 Å². The first kappa shape index (κ1) is 14.2. The van der Waals surface area contributed by atoms with Gasteiger partial charge in [-0.1, -0.05) is 0 Å². The van der Waals surface area contributed by atoms with Crippen molar-refractivity contribution in [3.63, 3.8) is 0 Å². The number of primary amides is 1. The average Bonchev–Trinajstić information content (AvgIpc) is 2.28. The summed E-state index contributed by atoms with van der Waals surface area (Å²) >= 11 is 0. The van der Waals surface area contributed by atoms with Crippen molar-refractivity contribution in [3.05, 3.63) is 0 Å². The van der Waals surface area contributed by atoms with E-state index in [4.69, 9.17) is 15.6 Å². The molecule has 1 rings (SSSR count). The first-order valence-electron chi connectivity index (χ1n) is 5.63. The van der Waals surface area contributed by atoms with Crippen LogP contribution in [-0.4, -0.2) is 60.3 Å². The van der Waals surface area contributed by atoms with Crippen LogP contribution >= 0.6 is 0 Å². The SMILES string of the molecule is NC(=O)CCNC(=O)N1CCOCC1CC(=O)O. The molecule has 1 fully saturated rings. The van der Waals surface area contributed by atoms with Gasteiger partial charge in [-0.3, -0.25) is 9.59 Å². The molecule has 1 atom stereocenters. The number of carboxylic acids is 1. The van der Waals surface area contributed by atoms with Crippen molar-refractivity contribution in [2.45, 2.75) is 18.9 Å². The molecular weight excluding hydrogens is 242 g/mol. The van der Waals surface area contributed by atoms with Crippen molar-refractivity contribution < 1.29 is 24.2 Å². The number of nitrogens with one attached hydrogen (secondary N) is 1. The number of urea groups is 1. The van der Waals surface area contributed by atoms with E-state index in [-0.39, 0.29) is 26.0 Å². The van der Waals surface area contributed by atoms with Gasteiger partial charge in [0.05, 0.1) is 25.7 Å². The summed E-state index contributed by atoms with van der Waals surface area (Å²) in [5.74, 6) is -1.49. The van der Waals surface area contributed by atoms with Crippen LogP contribution in [0.3, 0.4) is 0 Å². The third kappa shape index (κ3) is 4.58. The number of aliphatic carboxylic acids is 1. The Labute approximate surface area is 104 Å². The molecule has 4 N–H and O–H groups in total. The van der Waals surface area contributed by atoms with Gasteiger partial charge in [-0.25, -0.2) is 4.79 Å². The highest BCUT2D eigenvalue weighted by molar-refractivity contribution is 5.78. The number of carbonyl (C=O) groups excluding carboxylic acids is 2. The molecule has 102 valence electrons. The zero-order valence-electron chi connectivity index (χ0n) is 9.92. The maximum absolute atomic E-state index is 11.8. The molecule has 1 aliphatic rings. The molecule has 8 heteroatoms. The normalized spacial score (nSPS) is 19.3. The molecule has 0 aromatic carbocycles. The summed E-state index contributed by atoms with van der Waals surface area (Å²) in [6.07, 6.45) is -0.108. The number of rotatable bonds is 5. The summed E-state index contributed by atoms with van der Waals surface area (Å²) in [5.41, 5.74) is 4.95. The minimum absolute atomic E-state index is 0.0552. The maximum Gasteiger partial charge on any atom is 0.317 e. The van der Waals surface area contributed by atoms with Crippen molar-refractivity contribution >= 4 is 17.9 Å². The predicted octanol–water partition coefficient (Wildman–Crippen LogP) is -1.25. The van der Waals surface area contributed by atoms with E-state index in [0.29, 0.717) is 13.2 Å². The Kier molecular flexibility index (Phi) is 5.37. The van der Waals surface area contributed by atoms with E-state index in [2.05, 4.69) is 5.32 Å². The summed E-state index contributed by atoms with van der Waals surface area (Å²) in [5, 5.41) is 11.3. The predicted molar refractivity (Wildman–Crippen MR) is 60.8 cm³/mol. The van der Waals surface area contributed by atoms with E-state index in [1.807, 2.05) is 0 Å². The van der Waals surface area contributed by atoms with Crippen molar-refractivity contribution in [2.75, 3.05) is 26.3 Å². The van der Waals surface area contributed by atoms with Crippen molar-refractivity contribution in [2.24, 2.45) is 5.73 Å². The fourth-order valence-electron chi connectivity index (χ4n) is 1.69. The second-order valence-electron chi connectivity index (χ2n) is 3.97. The molecule has 0 aliphatic carbocycles. The van der Waals surface area contributed by atoms with Gasteiger partial charge in [0.2, 0.25) is 5.91 Å². The lowest BCUT2D eigenvalue weighted by molar-refractivity contribution is -0.139. The molecule has 8 nitrogen and oxygen atoms in total. The third-order valence-electron chi connectivity index (χ3n) is 2.55. The van der Waals surface area contributed by atoms with Gasteiger partial charge < -0.3 is 25.8 Å². The summed E-state index contributed by atoms with van der Waals surface area (Å²) in [4.78, 5) is 34.4. The highest BCUT2D eigenvalue weighted by Gasteiger charge is 2.28. The monoisotopic (exact) mass is 259 g/mol. The number of morpholine rings is 1. The molecule has 18 heavy (non-hydrogen) atoms. The second kappa shape index (κ2) is 6.80. The summed E-state index contributed by atoms with van der Waals surface area (Å²) < 4.78 is 5.15. The molecular formula is C10H17N3O5. The number of carboxylic acid groups (broad SMARTS) is 1. The van der Waals surface area contributed by atoms with Crippen molar-refractivity contribution in [3.8, 4) is 0 Å². The number of carbonyl (C=O) groups is 3. The van der Waals surface area contributed by atoms with Crippen molar-refractivity contribution in [1.29, 1.82) is 0 Å². The summed E-state index contributed by atoms with van der Waals surface area (Å²) in [7, 11) is 0. The maximum atomic E-state index is 11.8. The van der Waals surface area contributed by atoms with E-state index >= 15 is 0 Å². The van der Waals surface area contributed by atoms with Gasteiger partial charge in [-0.05, 0) is 0 Å². The molecule has 0 saturated carbocycles. The molecule has 0 aromatic heterocycles. The lowest BCUT2D eigenvalue weighted by Gasteiger charge is -2.34. The van der Waals surface area contributed by atoms with E-state index in [1.165, 1.54) is 4.90 Å². The summed E-state index contributed by atoms with van der Waals surface area (Å²) in [6, 6.07) is -0.879. The molecule has 0 aromatic rings. The first-order chi connectivity index (χ1) is 8.50. The van der Waals surface area contributed by atoms with Gasteiger partial charge >= 0.3 is 12.0 Å².